The van der Waals surface area contributed by atoms with Crippen molar-refractivity contribution in [3.63, 3.8) is 0 Å². The molecule has 2 rings (SSSR count). The van der Waals surface area contributed by atoms with Crippen LogP contribution in [0.5, 0.6) is 0 Å². The fourth-order valence-electron chi connectivity index (χ4n) is 1.88. The van der Waals surface area contributed by atoms with Crippen molar-refractivity contribution in [2.75, 3.05) is 13.7 Å². The van der Waals surface area contributed by atoms with Gasteiger partial charge in [-0.25, -0.2) is 0 Å². The lowest BCUT2D eigenvalue weighted by atomic mass is 10.2. The summed E-state index contributed by atoms with van der Waals surface area (Å²) in [5.74, 6) is 0.389. The molecule has 0 radical (unpaired) electrons. The van der Waals surface area contributed by atoms with E-state index in [1.165, 1.54) is 0 Å². The first-order valence-electron chi connectivity index (χ1n) is 5.99. The second-order valence-electron chi connectivity index (χ2n) is 4.35. The van der Waals surface area contributed by atoms with Crippen molar-refractivity contribution in [1.29, 1.82) is 0 Å². The first-order valence-corrected chi connectivity index (χ1v) is 6.37. The van der Waals surface area contributed by atoms with Crippen LogP contribution >= 0.6 is 11.6 Å². The molecule has 3 nitrogen and oxygen atoms in total. The highest BCUT2D eigenvalue weighted by atomic mass is 35.5. The Kier molecular flexibility index (Phi) is 4.26. The molecule has 1 aliphatic heterocycles. The van der Waals surface area contributed by atoms with Gasteiger partial charge in [0, 0.05) is 18.6 Å². The molecule has 0 saturated heterocycles. The number of benzene rings is 1. The molecular weight excluding hydrogens is 250 g/mol. The van der Waals surface area contributed by atoms with Crippen LogP contribution in [0.1, 0.15) is 18.4 Å². The number of carbonyl (C=O) groups is 1. The number of allylic oxidation sites excluding steroid dienone is 1. The number of ether oxygens (including phenoxy) is 1. The Bertz CT molecular complexity index is 471. The number of amides is 1. The topological polar surface area (TPSA) is 29.5 Å². The largest absolute Gasteiger partial charge is 0.488 e. The van der Waals surface area contributed by atoms with Crippen LogP contribution in [0.4, 0.5) is 0 Å². The molecule has 0 aliphatic carbocycles. The molecule has 4 heteroatoms. The average molecular weight is 266 g/mol. The maximum absolute atomic E-state index is 12.1. The second-order valence-corrected chi connectivity index (χ2v) is 4.79. The molecule has 0 N–H and O–H groups in total. The van der Waals surface area contributed by atoms with Crippen molar-refractivity contribution >= 4 is 17.5 Å². The number of hydrogen-bond donors (Lipinski definition) is 0. The number of rotatable bonds is 3. The van der Waals surface area contributed by atoms with Gasteiger partial charge < -0.3 is 9.64 Å². The van der Waals surface area contributed by atoms with Crippen molar-refractivity contribution in [3.05, 3.63) is 46.7 Å². The Labute approximate surface area is 112 Å². The van der Waals surface area contributed by atoms with E-state index in [1.54, 1.807) is 11.9 Å². The first kappa shape index (κ1) is 13.0. The summed E-state index contributed by atoms with van der Waals surface area (Å²) < 4.78 is 5.37. The predicted molar refractivity (Wildman–Crippen MR) is 71.2 cm³/mol. The minimum absolute atomic E-state index is 0.0744. The molecule has 0 aromatic heterocycles. The highest BCUT2D eigenvalue weighted by Crippen LogP contribution is 2.15. The SMILES string of the molecule is CN(Cc1cccc(Cl)c1)C(=O)C1=CCCCO1. The highest BCUT2D eigenvalue weighted by Gasteiger charge is 2.18. The summed E-state index contributed by atoms with van der Waals surface area (Å²) in [6, 6.07) is 7.51. The number of likely N-dealkylation sites (N-methyl/N-ethyl adjacent to an activating group) is 1. The summed E-state index contributed by atoms with van der Waals surface area (Å²) in [6.45, 7) is 1.16. The van der Waals surface area contributed by atoms with Crippen LogP contribution < -0.4 is 0 Å². The Balaban J connectivity index is 2.01. The third kappa shape index (κ3) is 3.26. The van der Waals surface area contributed by atoms with E-state index in [2.05, 4.69) is 0 Å². The van der Waals surface area contributed by atoms with Gasteiger partial charge in [0.25, 0.3) is 5.91 Å². The van der Waals surface area contributed by atoms with Crippen molar-refractivity contribution < 1.29 is 9.53 Å². The molecule has 1 aromatic rings. The smallest absolute Gasteiger partial charge is 0.288 e. The zero-order valence-corrected chi connectivity index (χ0v) is 11.1. The van der Waals surface area contributed by atoms with Gasteiger partial charge in [-0.1, -0.05) is 23.7 Å². The number of carbonyl (C=O) groups excluding carboxylic acids is 1. The summed E-state index contributed by atoms with van der Waals surface area (Å²) >= 11 is 5.92. The Morgan fingerprint density at radius 1 is 1.50 bits per heavy atom. The average Bonchev–Trinajstić information content (AvgIpc) is 2.39. The van der Waals surface area contributed by atoms with E-state index in [0.29, 0.717) is 23.9 Å². The highest BCUT2D eigenvalue weighted by molar-refractivity contribution is 6.30. The zero-order chi connectivity index (χ0) is 13.0. The summed E-state index contributed by atoms with van der Waals surface area (Å²) in [5.41, 5.74) is 1.01. The molecule has 1 aliphatic rings. The van der Waals surface area contributed by atoms with Crippen molar-refractivity contribution in [1.82, 2.24) is 4.90 Å². The van der Waals surface area contributed by atoms with Gasteiger partial charge in [-0.15, -0.1) is 0 Å². The van der Waals surface area contributed by atoms with Crippen LogP contribution in [-0.4, -0.2) is 24.5 Å². The van der Waals surface area contributed by atoms with Gasteiger partial charge in [0.05, 0.1) is 6.61 Å². The van der Waals surface area contributed by atoms with E-state index in [0.717, 1.165) is 18.4 Å². The van der Waals surface area contributed by atoms with Crippen LogP contribution in [0.25, 0.3) is 0 Å². The lowest BCUT2D eigenvalue weighted by Crippen LogP contribution is -2.29. The van der Waals surface area contributed by atoms with Gasteiger partial charge in [-0.3, -0.25) is 4.79 Å². The van der Waals surface area contributed by atoms with Gasteiger partial charge in [-0.05, 0) is 36.6 Å². The van der Waals surface area contributed by atoms with E-state index >= 15 is 0 Å². The molecule has 0 atom stereocenters. The fraction of sp³-hybridized carbons (Fsp3) is 0.357. The predicted octanol–water partition coefficient (Wildman–Crippen LogP) is 2.99. The third-order valence-electron chi connectivity index (χ3n) is 2.80. The fourth-order valence-corrected chi connectivity index (χ4v) is 2.09. The summed E-state index contributed by atoms with van der Waals surface area (Å²) in [5, 5.41) is 0.682. The lowest BCUT2D eigenvalue weighted by molar-refractivity contribution is -0.130. The molecule has 0 saturated carbocycles. The number of nitrogens with zero attached hydrogens (tertiary/aromatic N) is 1. The van der Waals surface area contributed by atoms with Crippen LogP contribution in [0.3, 0.4) is 0 Å². The Morgan fingerprint density at radius 2 is 2.33 bits per heavy atom. The van der Waals surface area contributed by atoms with Crippen LogP contribution in [-0.2, 0) is 16.1 Å². The number of hydrogen-bond acceptors (Lipinski definition) is 2. The van der Waals surface area contributed by atoms with Crippen molar-refractivity contribution in [2.45, 2.75) is 19.4 Å². The number of halogens is 1. The van der Waals surface area contributed by atoms with E-state index < -0.39 is 0 Å². The summed E-state index contributed by atoms with van der Waals surface area (Å²) in [4.78, 5) is 13.7. The quantitative estimate of drug-likeness (QED) is 0.841. The second kappa shape index (κ2) is 5.91. The normalized spacial score (nSPS) is 14.7. The Morgan fingerprint density at radius 3 is 3.00 bits per heavy atom. The van der Waals surface area contributed by atoms with Crippen molar-refractivity contribution in [2.24, 2.45) is 0 Å². The molecular formula is C14H16ClNO2. The minimum Gasteiger partial charge on any atom is -0.488 e. The van der Waals surface area contributed by atoms with Gasteiger partial charge >= 0.3 is 0 Å². The van der Waals surface area contributed by atoms with E-state index in [4.69, 9.17) is 16.3 Å². The molecule has 18 heavy (non-hydrogen) atoms. The standard InChI is InChI=1S/C14H16ClNO2/c1-16(10-11-5-4-6-12(15)9-11)14(17)13-7-2-3-8-18-13/h4-7,9H,2-3,8,10H2,1H3. The van der Waals surface area contributed by atoms with Crippen molar-refractivity contribution in [3.8, 4) is 0 Å². The maximum Gasteiger partial charge on any atom is 0.288 e. The van der Waals surface area contributed by atoms with Crippen LogP contribution in [0, 0.1) is 0 Å². The summed E-state index contributed by atoms with van der Waals surface area (Å²) in [7, 11) is 1.77. The molecule has 1 aromatic carbocycles. The molecule has 96 valence electrons. The maximum atomic E-state index is 12.1. The van der Waals surface area contributed by atoms with Gasteiger partial charge in [0.2, 0.25) is 0 Å². The first-order chi connectivity index (χ1) is 8.66. The minimum atomic E-state index is -0.0744. The van der Waals surface area contributed by atoms with E-state index in [-0.39, 0.29) is 5.91 Å². The molecule has 0 fully saturated rings. The molecule has 0 bridgehead atoms. The summed E-state index contributed by atoms with van der Waals surface area (Å²) in [6.07, 6.45) is 3.75. The molecule has 1 amide bonds. The molecule has 0 spiro atoms. The Hall–Kier alpha value is -1.48. The van der Waals surface area contributed by atoms with Gasteiger partial charge in [-0.2, -0.15) is 0 Å². The zero-order valence-electron chi connectivity index (χ0n) is 10.4. The third-order valence-corrected chi connectivity index (χ3v) is 3.04. The monoisotopic (exact) mass is 265 g/mol. The van der Waals surface area contributed by atoms with Crippen LogP contribution in [0.15, 0.2) is 36.1 Å². The molecule has 0 unspecified atom stereocenters. The van der Waals surface area contributed by atoms with E-state index in [9.17, 15) is 4.79 Å². The van der Waals surface area contributed by atoms with E-state index in [1.807, 2.05) is 30.3 Å². The van der Waals surface area contributed by atoms with Crippen LogP contribution in [0.2, 0.25) is 5.02 Å². The lowest BCUT2D eigenvalue weighted by Gasteiger charge is -2.21. The molecule has 1 heterocycles. The van der Waals surface area contributed by atoms with Gasteiger partial charge in [0.1, 0.15) is 0 Å². The van der Waals surface area contributed by atoms with Gasteiger partial charge in [0.15, 0.2) is 5.76 Å².